The number of halogens is 1. The van der Waals surface area contributed by atoms with E-state index in [0.29, 0.717) is 0 Å². The third-order valence-corrected chi connectivity index (χ3v) is 5.44. The van der Waals surface area contributed by atoms with Gasteiger partial charge in [0.2, 0.25) is 0 Å². The van der Waals surface area contributed by atoms with E-state index in [1.54, 1.807) is 0 Å². The summed E-state index contributed by atoms with van der Waals surface area (Å²) in [6.07, 6.45) is 1.74. The fraction of sp³-hybridized carbons (Fsp3) is 0.182. The van der Waals surface area contributed by atoms with Gasteiger partial charge in [-0.2, -0.15) is 5.10 Å². The molecule has 32 heavy (non-hydrogen) atoms. The second kappa shape index (κ2) is 13.2. The number of aromatic nitrogens is 4. The molecule has 0 saturated heterocycles. The van der Waals surface area contributed by atoms with E-state index in [9.17, 15) is 0 Å². The third kappa shape index (κ3) is 6.74. The number of aryl methyl sites for hydroxylation is 2. The molecular weight excluding hydrogens is 714 g/mol. The van der Waals surface area contributed by atoms with Gasteiger partial charge in [-0.1, -0.05) is 22.0 Å². The van der Waals surface area contributed by atoms with Crippen molar-refractivity contribution < 1.29 is 153 Å². The van der Waals surface area contributed by atoms with E-state index < -0.39 is 6.16 Å². The summed E-state index contributed by atoms with van der Waals surface area (Å²) in [5, 5.41) is 22.7. The largest absolute Gasteiger partial charge is 1.00 e. The van der Waals surface area contributed by atoms with Crippen molar-refractivity contribution in [2.24, 2.45) is 0 Å². The molecule has 1 aliphatic heterocycles. The zero-order chi connectivity index (χ0) is 21.3. The number of benzene rings is 1. The van der Waals surface area contributed by atoms with Crippen LogP contribution in [0.2, 0.25) is 0 Å². The molecule has 10 heteroatoms. The predicted molar refractivity (Wildman–Crippen MR) is 112 cm³/mol. The van der Waals surface area contributed by atoms with Gasteiger partial charge < -0.3 is 15.0 Å². The molecule has 0 radical (unpaired) electrons. The standard InChI is InChI=1S/C21H17BrN4.CH2O3.2Cs/c1-13-4-2-5-18(24-13)21-20(19-6-3-11-26(19)25-21)15-9-10-23-17-8-7-14(22)12-16(15)17;2-1(3)4;;/h2,4-5,7-10,12H,3,6,11H2,1H3;(H2,2,3,4);;/q;;2*+1/p-2. The molecular formula is C22H17BrCs2N4O3. The first-order valence-corrected chi connectivity index (χ1v) is 10.2. The van der Waals surface area contributed by atoms with E-state index >= 15 is 0 Å². The van der Waals surface area contributed by atoms with Crippen molar-refractivity contribution in [2.45, 2.75) is 26.3 Å². The number of rotatable bonds is 2. The second-order valence-electron chi connectivity index (χ2n) is 6.93. The SMILES string of the molecule is Cc1cccc(-c2nn3c(c2-c2ccnc4ccc(Br)cc24)CCC3)n1.O=C([O-])[O-].[Cs+].[Cs+]. The van der Waals surface area contributed by atoms with Crippen LogP contribution in [0.1, 0.15) is 17.8 Å². The van der Waals surface area contributed by atoms with E-state index in [1.807, 2.05) is 37.4 Å². The van der Waals surface area contributed by atoms with Crippen molar-refractivity contribution in [1.82, 2.24) is 19.7 Å². The van der Waals surface area contributed by atoms with Crippen LogP contribution in [0.3, 0.4) is 0 Å². The van der Waals surface area contributed by atoms with Gasteiger partial charge in [0, 0.05) is 39.6 Å². The Morgan fingerprint density at radius 2 is 1.88 bits per heavy atom. The first-order valence-electron chi connectivity index (χ1n) is 9.40. The minimum atomic E-state index is -2.33. The van der Waals surface area contributed by atoms with Gasteiger partial charge in [-0.25, -0.2) is 0 Å². The van der Waals surface area contributed by atoms with Crippen LogP contribution >= 0.6 is 15.9 Å². The summed E-state index contributed by atoms with van der Waals surface area (Å²) < 4.78 is 3.21. The summed E-state index contributed by atoms with van der Waals surface area (Å²) in [4.78, 5) is 17.6. The molecule has 1 aromatic carbocycles. The number of hydrogen-bond donors (Lipinski definition) is 0. The molecule has 7 nitrogen and oxygen atoms in total. The average Bonchev–Trinajstić information content (AvgIpc) is 3.28. The zero-order valence-electron chi connectivity index (χ0n) is 18.1. The van der Waals surface area contributed by atoms with Crippen molar-refractivity contribution in [1.29, 1.82) is 0 Å². The third-order valence-electron chi connectivity index (χ3n) is 4.95. The first-order chi connectivity index (χ1) is 14.4. The van der Waals surface area contributed by atoms with Gasteiger partial charge in [0.25, 0.3) is 0 Å². The molecule has 0 amide bonds. The van der Waals surface area contributed by atoms with E-state index in [-0.39, 0.29) is 138 Å². The predicted octanol–water partition coefficient (Wildman–Crippen LogP) is -3.26. The van der Waals surface area contributed by atoms with Crippen LogP contribution in [0.15, 0.2) is 53.1 Å². The molecule has 4 heterocycles. The maximum absolute atomic E-state index is 8.33. The van der Waals surface area contributed by atoms with Crippen molar-refractivity contribution in [3.8, 4) is 22.5 Å². The summed E-state index contributed by atoms with van der Waals surface area (Å²) in [5.41, 5.74) is 7.58. The van der Waals surface area contributed by atoms with Crippen LogP contribution in [0.25, 0.3) is 33.4 Å². The fourth-order valence-corrected chi connectivity index (χ4v) is 4.17. The minimum absolute atomic E-state index is 0. The number of carboxylic acid groups (broad SMARTS) is 2. The maximum atomic E-state index is 8.33. The Hall–Kier alpha value is 0.844. The Morgan fingerprint density at radius 1 is 1.12 bits per heavy atom. The fourth-order valence-electron chi connectivity index (χ4n) is 3.81. The number of carbonyl (C=O) groups is 1. The molecule has 0 atom stereocenters. The number of nitrogens with zero attached hydrogens (tertiary/aromatic N) is 4. The monoisotopic (exact) mass is 730 g/mol. The van der Waals surface area contributed by atoms with Gasteiger partial charge in [0.05, 0.1) is 11.2 Å². The van der Waals surface area contributed by atoms with Crippen LogP contribution < -0.4 is 148 Å². The number of pyridine rings is 2. The normalized spacial score (nSPS) is 11.6. The number of fused-ring (bicyclic) bond motifs is 2. The smallest absolute Gasteiger partial charge is 0.652 e. The van der Waals surface area contributed by atoms with E-state index in [1.165, 1.54) is 16.8 Å². The molecule has 3 aromatic heterocycles. The quantitative estimate of drug-likeness (QED) is 0.215. The molecule has 0 N–H and O–H groups in total. The molecule has 0 saturated carbocycles. The van der Waals surface area contributed by atoms with E-state index in [0.717, 1.165) is 51.8 Å². The Labute approximate surface area is 311 Å². The first kappa shape index (κ1) is 29.1. The molecule has 152 valence electrons. The maximum Gasteiger partial charge on any atom is 1.00 e. The summed E-state index contributed by atoms with van der Waals surface area (Å²) in [7, 11) is 0. The molecule has 0 unspecified atom stereocenters. The molecule has 0 aliphatic carbocycles. The van der Waals surface area contributed by atoms with Gasteiger partial charge >= 0.3 is 138 Å². The minimum Gasteiger partial charge on any atom is -0.652 e. The Balaban J connectivity index is 0.000000562. The Morgan fingerprint density at radius 3 is 2.59 bits per heavy atom. The van der Waals surface area contributed by atoms with Crippen molar-refractivity contribution in [2.75, 3.05) is 0 Å². The summed E-state index contributed by atoms with van der Waals surface area (Å²) in [6, 6.07) is 14.4. The van der Waals surface area contributed by atoms with Crippen molar-refractivity contribution >= 4 is 33.0 Å². The van der Waals surface area contributed by atoms with Crippen LogP contribution in [0, 0.1) is 6.92 Å². The Kier molecular flexibility index (Phi) is 12.0. The molecule has 4 aromatic rings. The van der Waals surface area contributed by atoms with E-state index in [4.69, 9.17) is 25.1 Å². The van der Waals surface area contributed by atoms with Crippen LogP contribution in [0.4, 0.5) is 4.79 Å². The topological polar surface area (TPSA) is 107 Å². The van der Waals surface area contributed by atoms with Crippen molar-refractivity contribution in [3.05, 3.63) is 64.5 Å². The molecule has 0 spiro atoms. The molecule has 0 fully saturated rings. The van der Waals surface area contributed by atoms with E-state index in [2.05, 4.69) is 43.8 Å². The van der Waals surface area contributed by atoms with Crippen LogP contribution in [-0.2, 0) is 13.0 Å². The van der Waals surface area contributed by atoms with Gasteiger partial charge in [0.1, 0.15) is 5.69 Å². The number of hydrogen-bond acceptors (Lipinski definition) is 6. The van der Waals surface area contributed by atoms with Gasteiger partial charge in [0.15, 0.2) is 0 Å². The van der Waals surface area contributed by atoms with Gasteiger partial charge in [-0.05, 0) is 67.9 Å². The molecule has 0 bridgehead atoms. The number of carbonyl (C=O) groups excluding carboxylic acids is 1. The second-order valence-corrected chi connectivity index (χ2v) is 7.85. The zero-order valence-corrected chi connectivity index (χ0v) is 32.3. The van der Waals surface area contributed by atoms with Crippen molar-refractivity contribution in [3.63, 3.8) is 0 Å². The van der Waals surface area contributed by atoms with Gasteiger partial charge in [-0.15, -0.1) is 0 Å². The molecule has 1 aliphatic rings. The summed E-state index contributed by atoms with van der Waals surface area (Å²) in [6.45, 7) is 2.99. The average molecular weight is 731 g/mol. The van der Waals surface area contributed by atoms with Gasteiger partial charge in [-0.3, -0.25) is 14.6 Å². The summed E-state index contributed by atoms with van der Waals surface area (Å²) in [5.74, 6) is 0. The van der Waals surface area contributed by atoms with Crippen LogP contribution in [0.5, 0.6) is 0 Å². The molecule has 5 rings (SSSR count). The summed E-state index contributed by atoms with van der Waals surface area (Å²) >= 11 is 3.60. The Bertz CT molecular complexity index is 1260. The van der Waals surface area contributed by atoms with Crippen LogP contribution in [-0.4, -0.2) is 25.9 Å².